The quantitative estimate of drug-likeness (QED) is 0.675. The number of halogens is 1. The van der Waals surface area contributed by atoms with E-state index < -0.39 is 0 Å². The van der Waals surface area contributed by atoms with E-state index >= 15 is 0 Å². The molecule has 2 aromatic rings. The zero-order valence-corrected chi connectivity index (χ0v) is 10.7. The fourth-order valence-corrected chi connectivity index (χ4v) is 2.37. The number of anilines is 1. The summed E-state index contributed by atoms with van der Waals surface area (Å²) >= 11 is 7.45. The molecule has 0 amide bonds. The highest BCUT2D eigenvalue weighted by molar-refractivity contribution is 7.07. The highest BCUT2D eigenvalue weighted by Gasteiger charge is 2.08. The van der Waals surface area contributed by atoms with Gasteiger partial charge >= 0.3 is 0 Å². The summed E-state index contributed by atoms with van der Waals surface area (Å²) in [7, 11) is 0. The van der Waals surface area contributed by atoms with E-state index in [-0.39, 0.29) is 5.78 Å². The lowest BCUT2D eigenvalue weighted by Crippen LogP contribution is -2.02. The predicted octanol–water partition coefficient (Wildman–Crippen LogP) is 3.80. The van der Waals surface area contributed by atoms with Crippen molar-refractivity contribution in [3.05, 3.63) is 51.2 Å². The highest BCUT2D eigenvalue weighted by atomic mass is 35.5. The molecule has 4 heteroatoms. The molecule has 0 aliphatic carbocycles. The fourth-order valence-electron chi connectivity index (χ4n) is 1.55. The second-order valence-electron chi connectivity index (χ2n) is 3.79. The summed E-state index contributed by atoms with van der Waals surface area (Å²) in [6.07, 6.45) is 1.27. The molecule has 0 spiro atoms. The average molecular weight is 266 g/mol. The molecule has 0 aliphatic heterocycles. The Bertz CT molecular complexity index is 522. The standard InChI is InChI=1S/C13H12ClNOS/c14-11-3-2-10(7-12(11)15)13(16)4-1-9-5-6-17-8-9/h2-3,5-8H,1,4,15H2. The van der Waals surface area contributed by atoms with Gasteiger partial charge in [0.15, 0.2) is 5.78 Å². The van der Waals surface area contributed by atoms with Crippen molar-refractivity contribution in [2.24, 2.45) is 0 Å². The van der Waals surface area contributed by atoms with Crippen LogP contribution in [0.25, 0.3) is 0 Å². The minimum absolute atomic E-state index is 0.0968. The van der Waals surface area contributed by atoms with Crippen LogP contribution in [-0.4, -0.2) is 5.78 Å². The summed E-state index contributed by atoms with van der Waals surface area (Å²) < 4.78 is 0. The van der Waals surface area contributed by atoms with Crippen LogP contribution in [0.15, 0.2) is 35.0 Å². The largest absolute Gasteiger partial charge is 0.398 e. The van der Waals surface area contributed by atoms with Crippen molar-refractivity contribution in [3.63, 3.8) is 0 Å². The smallest absolute Gasteiger partial charge is 0.163 e. The van der Waals surface area contributed by atoms with Crippen LogP contribution in [0.5, 0.6) is 0 Å². The van der Waals surface area contributed by atoms with Gasteiger partial charge in [-0.2, -0.15) is 11.3 Å². The van der Waals surface area contributed by atoms with Gasteiger partial charge in [-0.25, -0.2) is 0 Å². The van der Waals surface area contributed by atoms with E-state index in [0.717, 1.165) is 6.42 Å². The van der Waals surface area contributed by atoms with Gasteiger partial charge in [-0.3, -0.25) is 4.79 Å². The van der Waals surface area contributed by atoms with Crippen LogP contribution in [0.4, 0.5) is 5.69 Å². The SMILES string of the molecule is Nc1cc(C(=O)CCc2ccsc2)ccc1Cl. The molecule has 1 aromatic carbocycles. The molecular weight excluding hydrogens is 254 g/mol. The van der Waals surface area contributed by atoms with Crippen LogP contribution in [0, 0.1) is 0 Å². The van der Waals surface area contributed by atoms with Gasteiger partial charge in [0.05, 0.1) is 10.7 Å². The molecule has 0 unspecified atom stereocenters. The summed E-state index contributed by atoms with van der Waals surface area (Å²) in [6, 6.07) is 7.05. The Hall–Kier alpha value is -1.32. The van der Waals surface area contributed by atoms with Gasteiger partial charge in [-0.15, -0.1) is 0 Å². The summed E-state index contributed by atoms with van der Waals surface area (Å²) in [6.45, 7) is 0. The summed E-state index contributed by atoms with van der Waals surface area (Å²) in [5.74, 6) is 0.0968. The van der Waals surface area contributed by atoms with E-state index in [1.165, 1.54) is 5.56 Å². The lowest BCUT2D eigenvalue weighted by molar-refractivity contribution is 0.0983. The topological polar surface area (TPSA) is 43.1 Å². The predicted molar refractivity (Wildman–Crippen MR) is 72.8 cm³/mol. The number of nitrogen functional groups attached to an aromatic ring is 1. The van der Waals surface area contributed by atoms with Crippen molar-refractivity contribution >= 4 is 34.4 Å². The van der Waals surface area contributed by atoms with E-state index in [0.29, 0.717) is 22.7 Å². The van der Waals surface area contributed by atoms with Gasteiger partial charge in [0.1, 0.15) is 0 Å². The van der Waals surface area contributed by atoms with E-state index in [1.54, 1.807) is 29.5 Å². The van der Waals surface area contributed by atoms with Crippen LogP contribution in [-0.2, 0) is 6.42 Å². The summed E-state index contributed by atoms with van der Waals surface area (Å²) in [5, 5.41) is 4.56. The number of hydrogen-bond acceptors (Lipinski definition) is 3. The van der Waals surface area contributed by atoms with Crippen LogP contribution in [0.1, 0.15) is 22.3 Å². The second-order valence-corrected chi connectivity index (χ2v) is 4.98. The zero-order chi connectivity index (χ0) is 12.3. The lowest BCUT2D eigenvalue weighted by atomic mass is 10.0. The van der Waals surface area contributed by atoms with Gasteiger partial charge in [-0.1, -0.05) is 11.6 Å². The third kappa shape index (κ3) is 3.08. The number of carbonyl (C=O) groups is 1. The molecule has 0 saturated heterocycles. The number of Topliss-reactive ketones (excluding diaryl/α,β-unsaturated/α-hetero) is 1. The molecule has 0 aliphatic rings. The Morgan fingerprint density at radius 2 is 2.18 bits per heavy atom. The van der Waals surface area contributed by atoms with Crippen molar-refractivity contribution in [2.75, 3.05) is 5.73 Å². The molecule has 17 heavy (non-hydrogen) atoms. The molecule has 2 rings (SSSR count). The molecule has 0 fully saturated rings. The van der Waals surface area contributed by atoms with Gasteiger partial charge in [0.2, 0.25) is 0 Å². The number of benzene rings is 1. The molecule has 88 valence electrons. The van der Waals surface area contributed by atoms with E-state index in [9.17, 15) is 4.79 Å². The van der Waals surface area contributed by atoms with Crippen molar-refractivity contribution in [2.45, 2.75) is 12.8 Å². The molecule has 0 bridgehead atoms. The first kappa shape index (κ1) is 12.1. The van der Waals surface area contributed by atoms with Crippen molar-refractivity contribution in [1.29, 1.82) is 0 Å². The Kier molecular flexibility index (Phi) is 3.82. The number of rotatable bonds is 4. The van der Waals surface area contributed by atoms with Gasteiger partial charge < -0.3 is 5.73 Å². The van der Waals surface area contributed by atoms with Crippen molar-refractivity contribution in [3.8, 4) is 0 Å². The van der Waals surface area contributed by atoms with Crippen LogP contribution >= 0.6 is 22.9 Å². The van der Waals surface area contributed by atoms with E-state index in [2.05, 4.69) is 5.38 Å². The number of carbonyl (C=O) groups excluding carboxylic acids is 1. The van der Waals surface area contributed by atoms with E-state index in [1.807, 2.05) is 11.4 Å². The molecule has 1 aromatic heterocycles. The number of aryl methyl sites for hydroxylation is 1. The number of ketones is 1. The Morgan fingerprint density at radius 1 is 1.35 bits per heavy atom. The molecule has 0 saturated carbocycles. The third-order valence-electron chi connectivity index (χ3n) is 2.54. The first-order valence-electron chi connectivity index (χ1n) is 5.26. The first-order valence-corrected chi connectivity index (χ1v) is 6.58. The normalized spacial score (nSPS) is 10.4. The number of hydrogen-bond donors (Lipinski definition) is 1. The summed E-state index contributed by atoms with van der Waals surface area (Å²) in [5.41, 5.74) is 7.94. The van der Waals surface area contributed by atoms with Crippen molar-refractivity contribution in [1.82, 2.24) is 0 Å². The number of nitrogens with two attached hydrogens (primary N) is 1. The Labute approximate surface area is 109 Å². The Morgan fingerprint density at radius 3 is 2.82 bits per heavy atom. The minimum Gasteiger partial charge on any atom is -0.398 e. The lowest BCUT2D eigenvalue weighted by Gasteiger charge is -2.03. The maximum absolute atomic E-state index is 11.9. The fraction of sp³-hybridized carbons (Fsp3) is 0.154. The zero-order valence-electron chi connectivity index (χ0n) is 9.15. The van der Waals surface area contributed by atoms with Gasteiger partial charge in [0, 0.05) is 12.0 Å². The maximum Gasteiger partial charge on any atom is 0.163 e. The summed E-state index contributed by atoms with van der Waals surface area (Å²) in [4.78, 5) is 11.9. The number of thiophene rings is 1. The van der Waals surface area contributed by atoms with Crippen molar-refractivity contribution < 1.29 is 4.79 Å². The molecule has 2 N–H and O–H groups in total. The highest BCUT2D eigenvalue weighted by Crippen LogP contribution is 2.20. The molecular formula is C13H12ClNOS. The van der Waals surface area contributed by atoms with Crippen LogP contribution in [0.2, 0.25) is 5.02 Å². The average Bonchev–Trinajstić information content (AvgIpc) is 2.82. The first-order chi connectivity index (χ1) is 8.16. The second kappa shape index (κ2) is 5.34. The molecule has 1 heterocycles. The molecule has 0 atom stereocenters. The maximum atomic E-state index is 11.9. The third-order valence-corrected chi connectivity index (χ3v) is 3.62. The van der Waals surface area contributed by atoms with Gasteiger partial charge in [0.25, 0.3) is 0 Å². The van der Waals surface area contributed by atoms with Crippen LogP contribution in [0.3, 0.4) is 0 Å². The van der Waals surface area contributed by atoms with Crippen LogP contribution < -0.4 is 5.73 Å². The minimum atomic E-state index is 0.0968. The molecule has 0 radical (unpaired) electrons. The van der Waals surface area contributed by atoms with Gasteiger partial charge in [-0.05, 0) is 47.0 Å². The Balaban J connectivity index is 2.02. The van der Waals surface area contributed by atoms with E-state index in [4.69, 9.17) is 17.3 Å². The monoisotopic (exact) mass is 265 g/mol. The molecule has 2 nitrogen and oxygen atoms in total.